The van der Waals surface area contributed by atoms with Crippen LogP contribution in [-0.4, -0.2) is 36.6 Å². The summed E-state index contributed by atoms with van der Waals surface area (Å²) in [4.78, 5) is 2.82. The summed E-state index contributed by atoms with van der Waals surface area (Å²) in [6.07, 6.45) is 12.9. The average molecular weight is 238 g/mol. The van der Waals surface area contributed by atoms with Gasteiger partial charge in [0.25, 0.3) is 0 Å². The summed E-state index contributed by atoms with van der Waals surface area (Å²) in [7, 11) is 0. The highest BCUT2D eigenvalue weighted by atomic mass is 15.3. The predicted molar refractivity (Wildman–Crippen MR) is 74.4 cm³/mol. The van der Waals surface area contributed by atoms with Crippen LogP contribution in [0.15, 0.2) is 0 Å². The quantitative estimate of drug-likeness (QED) is 0.715. The zero-order valence-corrected chi connectivity index (χ0v) is 11.6. The second-order valence-electron chi connectivity index (χ2n) is 6.01. The van der Waals surface area contributed by atoms with Crippen LogP contribution >= 0.6 is 0 Å². The highest BCUT2D eigenvalue weighted by Crippen LogP contribution is 2.36. The van der Waals surface area contributed by atoms with E-state index in [1.807, 2.05) is 0 Å². The van der Waals surface area contributed by atoms with Crippen LogP contribution in [0.5, 0.6) is 0 Å². The van der Waals surface area contributed by atoms with Crippen LogP contribution in [0.4, 0.5) is 0 Å². The zero-order chi connectivity index (χ0) is 12.0. The Hall–Kier alpha value is -0.0800. The van der Waals surface area contributed by atoms with Gasteiger partial charge >= 0.3 is 0 Å². The third kappa shape index (κ3) is 3.45. The minimum absolute atomic E-state index is 0.559. The first-order valence-electron chi connectivity index (χ1n) is 7.83. The smallest absolute Gasteiger partial charge is 0.0334 e. The van der Waals surface area contributed by atoms with E-state index in [1.54, 1.807) is 0 Å². The van der Waals surface area contributed by atoms with Gasteiger partial charge in [0.1, 0.15) is 0 Å². The molecule has 0 radical (unpaired) electrons. The van der Waals surface area contributed by atoms with Crippen LogP contribution in [-0.2, 0) is 0 Å². The van der Waals surface area contributed by atoms with E-state index in [4.69, 9.17) is 0 Å². The fourth-order valence-electron chi connectivity index (χ4n) is 3.67. The van der Waals surface area contributed by atoms with Crippen molar-refractivity contribution in [3.63, 3.8) is 0 Å². The Bertz CT molecular complexity index is 209. The van der Waals surface area contributed by atoms with E-state index in [0.717, 1.165) is 0 Å². The molecule has 0 atom stereocenters. The summed E-state index contributed by atoms with van der Waals surface area (Å²) in [6, 6.07) is 0. The van der Waals surface area contributed by atoms with Gasteiger partial charge < -0.3 is 5.32 Å². The molecule has 0 bridgehead atoms. The molecule has 1 N–H and O–H groups in total. The van der Waals surface area contributed by atoms with Gasteiger partial charge in [0, 0.05) is 25.2 Å². The lowest BCUT2D eigenvalue weighted by atomic mass is 9.92. The molecule has 2 rings (SSSR count). The van der Waals surface area contributed by atoms with E-state index >= 15 is 0 Å². The maximum Gasteiger partial charge on any atom is 0.0334 e. The van der Waals surface area contributed by atoms with Crippen molar-refractivity contribution in [3.8, 4) is 0 Å². The average Bonchev–Trinajstić information content (AvgIpc) is 2.81. The first kappa shape index (κ1) is 13.4. The summed E-state index contributed by atoms with van der Waals surface area (Å²) in [5.41, 5.74) is 0.559. The maximum absolute atomic E-state index is 3.62. The number of nitrogens with zero attached hydrogens (tertiary/aromatic N) is 1. The minimum atomic E-state index is 0.559. The van der Waals surface area contributed by atoms with Gasteiger partial charge in [-0.2, -0.15) is 0 Å². The molecule has 0 amide bonds. The molecule has 2 heteroatoms. The van der Waals surface area contributed by atoms with Crippen molar-refractivity contribution in [2.75, 3.05) is 26.2 Å². The van der Waals surface area contributed by atoms with Gasteiger partial charge in [-0.3, -0.25) is 4.90 Å². The Morgan fingerprint density at radius 1 is 1.06 bits per heavy atom. The molecule has 1 heterocycles. The molecule has 1 saturated heterocycles. The lowest BCUT2D eigenvalue weighted by Gasteiger charge is -2.45. The Morgan fingerprint density at radius 3 is 2.59 bits per heavy atom. The molecule has 0 aromatic carbocycles. The molecule has 0 aromatic rings. The SMILES string of the molecule is CCCCCCCN1CCNCC12CCCC2. The molecule has 1 saturated carbocycles. The standard InChI is InChI=1S/C15H30N2/c1-2-3-4-5-8-12-17-13-11-16-14-15(17)9-6-7-10-15/h16H,2-14H2,1H3. The van der Waals surface area contributed by atoms with E-state index in [-0.39, 0.29) is 0 Å². The molecule has 2 fully saturated rings. The number of rotatable bonds is 6. The Balaban J connectivity index is 1.73. The number of piperazine rings is 1. The van der Waals surface area contributed by atoms with Gasteiger partial charge in [-0.25, -0.2) is 0 Å². The van der Waals surface area contributed by atoms with Crippen LogP contribution in [0.25, 0.3) is 0 Å². The van der Waals surface area contributed by atoms with Crippen LogP contribution < -0.4 is 5.32 Å². The van der Waals surface area contributed by atoms with Gasteiger partial charge in [-0.15, -0.1) is 0 Å². The Labute approximate surface area is 107 Å². The molecule has 17 heavy (non-hydrogen) atoms. The van der Waals surface area contributed by atoms with Crippen molar-refractivity contribution < 1.29 is 0 Å². The van der Waals surface area contributed by atoms with Crippen LogP contribution in [0.2, 0.25) is 0 Å². The normalized spacial score (nSPS) is 24.5. The van der Waals surface area contributed by atoms with Crippen molar-refractivity contribution >= 4 is 0 Å². The summed E-state index contributed by atoms with van der Waals surface area (Å²) in [6.45, 7) is 7.39. The van der Waals surface area contributed by atoms with E-state index in [2.05, 4.69) is 17.1 Å². The number of hydrogen-bond donors (Lipinski definition) is 1. The summed E-state index contributed by atoms with van der Waals surface area (Å²) >= 11 is 0. The molecule has 1 aliphatic heterocycles. The van der Waals surface area contributed by atoms with E-state index in [0.29, 0.717) is 5.54 Å². The zero-order valence-electron chi connectivity index (χ0n) is 11.6. The first-order valence-corrected chi connectivity index (χ1v) is 7.83. The molecule has 0 unspecified atom stereocenters. The van der Waals surface area contributed by atoms with Crippen molar-refractivity contribution in [2.45, 2.75) is 70.3 Å². The van der Waals surface area contributed by atoms with Crippen LogP contribution in [0.3, 0.4) is 0 Å². The van der Waals surface area contributed by atoms with Crippen molar-refractivity contribution in [1.82, 2.24) is 10.2 Å². The molecule has 1 aliphatic carbocycles. The third-order valence-corrected chi connectivity index (χ3v) is 4.75. The molecule has 2 nitrogen and oxygen atoms in total. The first-order chi connectivity index (χ1) is 8.37. The lowest BCUT2D eigenvalue weighted by molar-refractivity contribution is 0.0631. The van der Waals surface area contributed by atoms with Crippen molar-refractivity contribution in [2.24, 2.45) is 0 Å². The third-order valence-electron chi connectivity index (χ3n) is 4.75. The summed E-state index contributed by atoms with van der Waals surface area (Å²) < 4.78 is 0. The summed E-state index contributed by atoms with van der Waals surface area (Å²) in [5, 5.41) is 3.62. The second-order valence-corrected chi connectivity index (χ2v) is 6.01. The molecule has 1 spiro atoms. The number of hydrogen-bond acceptors (Lipinski definition) is 2. The van der Waals surface area contributed by atoms with Crippen LogP contribution in [0.1, 0.15) is 64.7 Å². The largest absolute Gasteiger partial charge is 0.314 e. The minimum Gasteiger partial charge on any atom is -0.314 e. The van der Waals surface area contributed by atoms with E-state index < -0.39 is 0 Å². The number of unbranched alkanes of at least 4 members (excludes halogenated alkanes) is 4. The highest BCUT2D eigenvalue weighted by molar-refractivity contribution is 4.99. The van der Waals surface area contributed by atoms with Gasteiger partial charge in [-0.1, -0.05) is 45.4 Å². The maximum atomic E-state index is 3.62. The van der Waals surface area contributed by atoms with Gasteiger partial charge in [0.2, 0.25) is 0 Å². The van der Waals surface area contributed by atoms with E-state index in [9.17, 15) is 0 Å². The Morgan fingerprint density at radius 2 is 1.82 bits per heavy atom. The summed E-state index contributed by atoms with van der Waals surface area (Å²) in [5.74, 6) is 0. The van der Waals surface area contributed by atoms with Crippen molar-refractivity contribution in [3.05, 3.63) is 0 Å². The number of nitrogens with one attached hydrogen (secondary N) is 1. The lowest BCUT2D eigenvalue weighted by Crippen LogP contribution is -2.59. The fourth-order valence-corrected chi connectivity index (χ4v) is 3.67. The molecular formula is C15H30N2. The molecular weight excluding hydrogens is 208 g/mol. The topological polar surface area (TPSA) is 15.3 Å². The van der Waals surface area contributed by atoms with Gasteiger partial charge in [-0.05, 0) is 25.8 Å². The van der Waals surface area contributed by atoms with E-state index in [1.165, 1.54) is 84.0 Å². The molecule has 100 valence electrons. The molecule has 2 aliphatic rings. The second kappa shape index (κ2) is 6.75. The monoisotopic (exact) mass is 238 g/mol. The predicted octanol–water partition coefficient (Wildman–Crippen LogP) is 3.17. The van der Waals surface area contributed by atoms with Crippen LogP contribution in [0, 0.1) is 0 Å². The van der Waals surface area contributed by atoms with Gasteiger partial charge in [0.05, 0.1) is 0 Å². The fraction of sp³-hybridized carbons (Fsp3) is 1.00. The Kier molecular flexibility index (Phi) is 5.30. The van der Waals surface area contributed by atoms with Gasteiger partial charge in [0.15, 0.2) is 0 Å². The molecule has 0 aromatic heterocycles. The van der Waals surface area contributed by atoms with Crippen molar-refractivity contribution in [1.29, 1.82) is 0 Å². The highest BCUT2D eigenvalue weighted by Gasteiger charge is 2.40.